The van der Waals surface area contributed by atoms with Gasteiger partial charge < -0.3 is 4.74 Å². The maximum atomic E-state index is 11.6. The van der Waals surface area contributed by atoms with Crippen LogP contribution >= 0.6 is 27.5 Å². The standard InChI is InChI=1S/C15H12BrClN2O2/c16-13-6-1-2-7-14(13)21-10-15(20)19-18-9-11-4-3-5-12(17)8-11/h1-9H,10H2,(H,19,20)/b18-9+. The minimum atomic E-state index is -0.343. The van der Waals surface area contributed by atoms with Crippen molar-refractivity contribution in [3.05, 3.63) is 63.6 Å². The Balaban J connectivity index is 1.81. The van der Waals surface area contributed by atoms with Gasteiger partial charge in [-0.05, 0) is 45.8 Å². The fourth-order valence-corrected chi connectivity index (χ4v) is 2.10. The Morgan fingerprint density at radius 3 is 2.86 bits per heavy atom. The van der Waals surface area contributed by atoms with Gasteiger partial charge >= 0.3 is 0 Å². The maximum absolute atomic E-state index is 11.6. The Hall–Kier alpha value is -1.85. The number of rotatable bonds is 5. The molecule has 1 amide bonds. The molecule has 0 radical (unpaired) electrons. The molecule has 21 heavy (non-hydrogen) atoms. The zero-order valence-electron chi connectivity index (χ0n) is 10.9. The molecule has 0 aliphatic heterocycles. The van der Waals surface area contributed by atoms with E-state index in [9.17, 15) is 4.79 Å². The molecule has 0 saturated heterocycles. The molecular formula is C15H12BrClN2O2. The van der Waals surface area contributed by atoms with Crippen molar-refractivity contribution in [2.24, 2.45) is 5.10 Å². The minimum Gasteiger partial charge on any atom is -0.483 e. The molecule has 2 rings (SSSR count). The van der Waals surface area contributed by atoms with Gasteiger partial charge in [0.1, 0.15) is 5.75 Å². The van der Waals surface area contributed by atoms with Crippen molar-refractivity contribution in [3.63, 3.8) is 0 Å². The lowest BCUT2D eigenvalue weighted by Crippen LogP contribution is -2.24. The number of carbonyl (C=O) groups is 1. The van der Waals surface area contributed by atoms with Crippen LogP contribution in [-0.2, 0) is 4.79 Å². The van der Waals surface area contributed by atoms with Crippen LogP contribution in [-0.4, -0.2) is 18.7 Å². The average molecular weight is 368 g/mol. The molecule has 0 fully saturated rings. The molecule has 0 aliphatic rings. The van der Waals surface area contributed by atoms with Crippen LogP contribution in [0.3, 0.4) is 0 Å². The lowest BCUT2D eigenvalue weighted by atomic mass is 10.2. The number of carbonyl (C=O) groups excluding carboxylic acids is 1. The molecule has 0 atom stereocenters. The lowest BCUT2D eigenvalue weighted by molar-refractivity contribution is -0.123. The first kappa shape index (κ1) is 15.5. The van der Waals surface area contributed by atoms with Crippen LogP contribution in [0, 0.1) is 0 Å². The van der Waals surface area contributed by atoms with Gasteiger partial charge in [-0.25, -0.2) is 5.43 Å². The Labute approximate surface area is 135 Å². The van der Waals surface area contributed by atoms with Crippen molar-refractivity contribution in [1.82, 2.24) is 5.43 Å². The van der Waals surface area contributed by atoms with Crippen molar-refractivity contribution in [1.29, 1.82) is 0 Å². The summed E-state index contributed by atoms with van der Waals surface area (Å²) < 4.78 is 6.16. The normalized spacial score (nSPS) is 10.6. The summed E-state index contributed by atoms with van der Waals surface area (Å²) in [6, 6.07) is 14.5. The van der Waals surface area contributed by atoms with Gasteiger partial charge in [-0.2, -0.15) is 5.10 Å². The first-order chi connectivity index (χ1) is 10.1. The molecule has 2 aromatic rings. The topological polar surface area (TPSA) is 50.7 Å². The number of amides is 1. The van der Waals surface area contributed by atoms with Crippen LogP contribution in [0.1, 0.15) is 5.56 Å². The highest BCUT2D eigenvalue weighted by Gasteiger charge is 2.03. The third-order valence-electron chi connectivity index (χ3n) is 2.45. The van der Waals surface area contributed by atoms with Crippen LogP contribution in [0.25, 0.3) is 0 Å². The largest absolute Gasteiger partial charge is 0.483 e. The molecule has 1 N–H and O–H groups in total. The summed E-state index contributed by atoms with van der Waals surface area (Å²) in [6.07, 6.45) is 1.52. The Morgan fingerprint density at radius 1 is 1.29 bits per heavy atom. The van der Waals surface area contributed by atoms with Crippen LogP contribution in [0.15, 0.2) is 58.1 Å². The first-order valence-electron chi connectivity index (χ1n) is 6.10. The van der Waals surface area contributed by atoms with Gasteiger partial charge in [-0.15, -0.1) is 0 Å². The van der Waals surface area contributed by atoms with E-state index in [-0.39, 0.29) is 12.5 Å². The van der Waals surface area contributed by atoms with Crippen LogP contribution in [0.5, 0.6) is 5.75 Å². The molecular weight excluding hydrogens is 356 g/mol. The summed E-state index contributed by atoms with van der Waals surface area (Å²) in [4.78, 5) is 11.6. The third-order valence-corrected chi connectivity index (χ3v) is 3.34. The van der Waals surface area contributed by atoms with Gasteiger partial charge in [0.2, 0.25) is 0 Å². The number of hydrogen-bond donors (Lipinski definition) is 1. The number of ether oxygens (including phenoxy) is 1. The molecule has 108 valence electrons. The number of nitrogens with zero attached hydrogens (tertiary/aromatic N) is 1. The first-order valence-corrected chi connectivity index (χ1v) is 7.27. The third kappa shape index (κ3) is 5.21. The Kier molecular flexibility index (Phi) is 5.78. The van der Waals surface area contributed by atoms with Gasteiger partial charge in [0.15, 0.2) is 6.61 Å². The minimum absolute atomic E-state index is 0.116. The van der Waals surface area contributed by atoms with Crippen molar-refractivity contribution >= 4 is 39.7 Å². The second-order valence-electron chi connectivity index (χ2n) is 4.07. The highest BCUT2D eigenvalue weighted by Crippen LogP contribution is 2.23. The van der Waals surface area contributed by atoms with Gasteiger partial charge in [-0.3, -0.25) is 4.79 Å². The van der Waals surface area contributed by atoms with E-state index in [4.69, 9.17) is 16.3 Å². The average Bonchev–Trinajstić information content (AvgIpc) is 2.46. The molecule has 2 aromatic carbocycles. The number of hydrazone groups is 1. The number of halogens is 2. The van der Waals surface area contributed by atoms with E-state index in [2.05, 4.69) is 26.5 Å². The maximum Gasteiger partial charge on any atom is 0.277 e. The van der Waals surface area contributed by atoms with Gasteiger partial charge in [-0.1, -0.05) is 35.9 Å². The molecule has 6 heteroatoms. The van der Waals surface area contributed by atoms with Crippen molar-refractivity contribution in [3.8, 4) is 5.75 Å². The number of para-hydroxylation sites is 1. The Morgan fingerprint density at radius 2 is 2.10 bits per heavy atom. The second-order valence-corrected chi connectivity index (χ2v) is 5.36. The molecule has 4 nitrogen and oxygen atoms in total. The van der Waals surface area contributed by atoms with Crippen molar-refractivity contribution < 1.29 is 9.53 Å². The molecule has 0 heterocycles. The smallest absolute Gasteiger partial charge is 0.277 e. The summed E-state index contributed by atoms with van der Waals surface area (Å²) in [5.41, 5.74) is 3.19. The number of nitrogens with one attached hydrogen (secondary N) is 1. The molecule has 0 aromatic heterocycles. The van der Waals surface area contributed by atoms with Crippen LogP contribution in [0.2, 0.25) is 5.02 Å². The molecule has 0 aliphatic carbocycles. The summed E-state index contributed by atoms with van der Waals surface area (Å²) in [6.45, 7) is -0.116. The monoisotopic (exact) mass is 366 g/mol. The van der Waals surface area contributed by atoms with E-state index < -0.39 is 0 Å². The fourth-order valence-electron chi connectivity index (χ4n) is 1.50. The highest BCUT2D eigenvalue weighted by atomic mass is 79.9. The van der Waals surface area contributed by atoms with E-state index in [1.807, 2.05) is 30.3 Å². The lowest BCUT2D eigenvalue weighted by Gasteiger charge is -2.06. The van der Waals surface area contributed by atoms with E-state index in [1.165, 1.54) is 6.21 Å². The Bertz CT molecular complexity index is 662. The molecule has 0 spiro atoms. The summed E-state index contributed by atoms with van der Waals surface area (Å²) in [7, 11) is 0. The molecule has 0 saturated carbocycles. The fraction of sp³-hybridized carbons (Fsp3) is 0.0667. The predicted molar refractivity (Wildman–Crippen MR) is 86.8 cm³/mol. The van der Waals surface area contributed by atoms with Gasteiger partial charge in [0.05, 0.1) is 10.7 Å². The van der Waals surface area contributed by atoms with E-state index in [0.717, 1.165) is 10.0 Å². The zero-order valence-corrected chi connectivity index (χ0v) is 13.3. The highest BCUT2D eigenvalue weighted by molar-refractivity contribution is 9.10. The van der Waals surface area contributed by atoms with Crippen LogP contribution in [0.4, 0.5) is 0 Å². The van der Waals surface area contributed by atoms with Crippen LogP contribution < -0.4 is 10.2 Å². The predicted octanol–water partition coefficient (Wildman–Crippen LogP) is 3.63. The SMILES string of the molecule is O=C(COc1ccccc1Br)N/N=C/c1cccc(Cl)c1. The summed E-state index contributed by atoms with van der Waals surface area (Å²) in [5.74, 6) is 0.260. The van der Waals surface area contributed by atoms with E-state index in [0.29, 0.717) is 10.8 Å². The molecule has 0 unspecified atom stereocenters. The summed E-state index contributed by atoms with van der Waals surface area (Å²) in [5, 5.41) is 4.46. The van der Waals surface area contributed by atoms with Crippen molar-refractivity contribution in [2.45, 2.75) is 0 Å². The zero-order chi connectivity index (χ0) is 15.1. The van der Waals surface area contributed by atoms with Crippen molar-refractivity contribution in [2.75, 3.05) is 6.61 Å². The summed E-state index contributed by atoms with van der Waals surface area (Å²) >= 11 is 9.18. The second kappa shape index (κ2) is 7.81. The number of hydrogen-bond acceptors (Lipinski definition) is 3. The van der Waals surface area contributed by atoms with E-state index >= 15 is 0 Å². The molecule has 0 bridgehead atoms. The van der Waals surface area contributed by atoms with Gasteiger partial charge in [0, 0.05) is 5.02 Å². The van der Waals surface area contributed by atoms with Gasteiger partial charge in [0.25, 0.3) is 5.91 Å². The number of benzene rings is 2. The quantitative estimate of drug-likeness (QED) is 0.648. The van der Waals surface area contributed by atoms with E-state index in [1.54, 1.807) is 18.2 Å².